The molecule has 0 aliphatic rings. The molecule has 0 bridgehead atoms. The molecule has 1 aromatic carbocycles. The van der Waals surface area contributed by atoms with Crippen LogP contribution in [-0.2, 0) is 4.79 Å². The Kier molecular flexibility index (Phi) is 4.81. The third kappa shape index (κ3) is 2.77. The first kappa shape index (κ1) is 11.4. The molecular formula is C8H7NaO3. The zero-order chi connectivity index (χ0) is 8.27. The Morgan fingerprint density at radius 2 is 1.67 bits per heavy atom. The minimum Gasteiger partial charge on any atom is -1.00 e. The van der Waals surface area contributed by atoms with Crippen molar-refractivity contribution in [3.8, 4) is 0 Å². The minimum absolute atomic E-state index is 0. The van der Waals surface area contributed by atoms with Crippen LogP contribution in [0.5, 0.6) is 0 Å². The zero-order valence-corrected chi connectivity index (χ0v) is 8.65. The number of benzene rings is 1. The average Bonchev–Trinajstić information content (AvgIpc) is 2.05. The molecule has 58 valence electrons. The fraction of sp³-hybridized carbons (Fsp3) is 0. The molecule has 3 nitrogen and oxygen atoms in total. The Balaban J connectivity index is 0. The average molecular weight is 174 g/mol. The summed E-state index contributed by atoms with van der Waals surface area (Å²) >= 11 is 0. The molecule has 0 aromatic heterocycles. The van der Waals surface area contributed by atoms with Crippen molar-refractivity contribution in [1.82, 2.24) is 0 Å². The van der Waals surface area contributed by atoms with Gasteiger partial charge in [-0.25, -0.2) is 4.79 Å². The first-order chi connectivity index (χ1) is 5.22. The van der Waals surface area contributed by atoms with E-state index in [-0.39, 0.29) is 36.5 Å². The number of hydrogen-bond acceptors (Lipinski definition) is 2. The molecule has 0 aliphatic heterocycles. The largest absolute Gasteiger partial charge is 1.00 e. The van der Waals surface area contributed by atoms with Gasteiger partial charge in [0.1, 0.15) is 0 Å². The van der Waals surface area contributed by atoms with Crippen LogP contribution in [0.3, 0.4) is 0 Å². The zero-order valence-electron chi connectivity index (χ0n) is 7.65. The molecule has 0 saturated heterocycles. The molecule has 0 unspecified atom stereocenters. The molecule has 0 saturated carbocycles. The van der Waals surface area contributed by atoms with E-state index in [2.05, 4.69) is 0 Å². The second-order valence-corrected chi connectivity index (χ2v) is 2.00. The predicted octanol–water partition coefficient (Wildman–Crippen LogP) is -1.93. The second kappa shape index (κ2) is 5.09. The van der Waals surface area contributed by atoms with Crippen LogP contribution in [0.1, 0.15) is 11.8 Å². The third-order valence-electron chi connectivity index (χ3n) is 1.23. The van der Waals surface area contributed by atoms with Crippen LogP contribution >= 0.6 is 0 Å². The summed E-state index contributed by atoms with van der Waals surface area (Å²) in [6.07, 6.45) is 0. The molecule has 0 heterocycles. The van der Waals surface area contributed by atoms with E-state index in [0.29, 0.717) is 0 Å². The summed E-state index contributed by atoms with van der Waals surface area (Å²) in [6, 6.07) is 7.90. The van der Waals surface area contributed by atoms with Gasteiger partial charge in [0, 0.05) is 5.56 Å². The van der Waals surface area contributed by atoms with Gasteiger partial charge in [0.25, 0.3) is 5.78 Å². The van der Waals surface area contributed by atoms with Crippen molar-refractivity contribution in [2.45, 2.75) is 0 Å². The molecule has 0 amide bonds. The first-order valence-corrected chi connectivity index (χ1v) is 3.04. The van der Waals surface area contributed by atoms with E-state index in [1.54, 1.807) is 18.2 Å². The Bertz CT molecular complexity index is 287. The standard InChI is InChI=1S/C8H6O3.Na.H/c9-7(8(10)11)6-4-2-1-3-5-6;;/h1-5H,(H,10,11);;/q;+1;-1. The van der Waals surface area contributed by atoms with Gasteiger partial charge in [-0.05, 0) is 0 Å². The van der Waals surface area contributed by atoms with Crippen molar-refractivity contribution in [3.63, 3.8) is 0 Å². The number of aliphatic carboxylic acids is 1. The maximum atomic E-state index is 10.7. The molecule has 0 atom stereocenters. The van der Waals surface area contributed by atoms with Gasteiger partial charge in [0.2, 0.25) is 0 Å². The van der Waals surface area contributed by atoms with Gasteiger partial charge in [0.05, 0.1) is 0 Å². The van der Waals surface area contributed by atoms with Crippen LogP contribution in [0.15, 0.2) is 30.3 Å². The van der Waals surface area contributed by atoms with E-state index in [1.165, 1.54) is 12.1 Å². The Morgan fingerprint density at radius 1 is 1.17 bits per heavy atom. The summed E-state index contributed by atoms with van der Waals surface area (Å²) < 4.78 is 0. The van der Waals surface area contributed by atoms with Crippen molar-refractivity contribution in [2.24, 2.45) is 0 Å². The van der Waals surface area contributed by atoms with Gasteiger partial charge < -0.3 is 6.53 Å². The van der Waals surface area contributed by atoms with E-state index in [0.717, 1.165) is 0 Å². The fourth-order valence-electron chi connectivity index (χ4n) is 0.713. The van der Waals surface area contributed by atoms with E-state index in [4.69, 9.17) is 5.11 Å². The van der Waals surface area contributed by atoms with E-state index in [1.807, 2.05) is 0 Å². The minimum atomic E-state index is -1.42. The monoisotopic (exact) mass is 174 g/mol. The number of rotatable bonds is 2. The maximum absolute atomic E-state index is 10.7. The Hall–Kier alpha value is -0.640. The van der Waals surface area contributed by atoms with Crippen molar-refractivity contribution in [1.29, 1.82) is 0 Å². The SMILES string of the molecule is O=C(O)C(=O)c1ccccc1.[H-].[Na+]. The van der Waals surface area contributed by atoms with Crippen LogP contribution in [0.2, 0.25) is 0 Å². The normalized spacial score (nSPS) is 8.33. The summed E-state index contributed by atoms with van der Waals surface area (Å²) in [6.45, 7) is 0. The van der Waals surface area contributed by atoms with Crippen molar-refractivity contribution < 1.29 is 45.7 Å². The quantitative estimate of drug-likeness (QED) is 0.323. The van der Waals surface area contributed by atoms with Crippen molar-refractivity contribution >= 4 is 11.8 Å². The van der Waals surface area contributed by atoms with E-state index >= 15 is 0 Å². The summed E-state index contributed by atoms with van der Waals surface area (Å²) in [5.74, 6) is -2.29. The number of hydrogen-bond donors (Lipinski definition) is 1. The smallest absolute Gasteiger partial charge is 1.00 e. The predicted molar refractivity (Wildman–Crippen MR) is 39.5 cm³/mol. The number of carboxylic acid groups (broad SMARTS) is 1. The number of carboxylic acids is 1. The Morgan fingerprint density at radius 3 is 2.08 bits per heavy atom. The van der Waals surface area contributed by atoms with Crippen LogP contribution in [0.4, 0.5) is 0 Å². The second-order valence-electron chi connectivity index (χ2n) is 2.00. The van der Waals surface area contributed by atoms with E-state index < -0.39 is 11.8 Å². The van der Waals surface area contributed by atoms with Crippen LogP contribution < -0.4 is 29.6 Å². The van der Waals surface area contributed by atoms with Crippen molar-refractivity contribution in [3.05, 3.63) is 35.9 Å². The number of carbonyl (C=O) groups is 2. The topological polar surface area (TPSA) is 54.4 Å². The number of carbonyl (C=O) groups excluding carboxylic acids is 1. The van der Waals surface area contributed by atoms with E-state index in [9.17, 15) is 9.59 Å². The molecular weight excluding hydrogens is 167 g/mol. The molecule has 0 aliphatic carbocycles. The molecule has 0 radical (unpaired) electrons. The van der Waals surface area contributed by atoms with Gasteiger partial charge in [-0.1, -0.05) is 30.3 Å². The Labute approximate surface area is 93.2 Å². The third-order valence-corrected chi connectivity index (χ3v) is 1.23. The molecule has 1 N–H and O–H groups in total. The molecule has 12 heavy (non-hydrogen) atoms. The fourth-order valence-corrected chi connectivity index (χ4v) is 0.713. The van der Waals surface area contributed by atoms with Gasteiger partial charge in [-0.2, -0.15) is 0 Å². The first-order valence-electron chi connectivity index (χ1n) is 3.04. The molecule has 1 rings (SSSR count). The van der Waals surface area contributed by atoms with Gasteiger partial charge in [-0.3, -0.25) is 4.79 Å². The van der Waals surface area contributed by atoms with Crippen LogP contribution in [0.25, 0.3) is 0 Å². The van der Waals surface area contributed by atoms with Gasteiger partial charge >= 0.3 is 35.5 Å². The van der Waals surface area contributed by atoms with Crippen LogP contribution in [-0.4, -0.2) is 16.9 Å². The molecule has 4 heteroatoms. The summed E-state index contributed by atoms with van der Waals surface area (Å²) in [5, 5.41) is 8.29. The summed E-state index contributed by atoms with van der Waals surface area (Å²) in [5.41, 5.74) is 0.208. The molecule has 0 spiro atoms. The van der Waals surface area contributed by atoms with Crippen molar-refractivity contribution in [2.75, 3.05) is 0 Å². The molecule has 1 aromatic rings. The van der Waals surface area contributed by atoms with Gasteiger partial charge in [0.15, 0.2) is 0 Å². The molecule has 0 fully saturated rings. The number of ketones is 1. The summed E-state index contributed by atoms with van der Waals surface area (Å²) in [4.78, 5) is 20.9. The summed E-state index contributed by atoms with van der Waals surface area (Å²) in [7, 11) is 0. The maximum Gasteiger partial charge on any atom is 1.00 e. The van der Waals surface area contributed by atoms with Gasteiger partial charge in [-0.15, -0.1) is 0 Å². The number of Topliss-reactive ketones (excluding diaryl/α,β-unsaturated/α-hetero) is 1. The van der Waals surface area contributed by atoms with Crippen LogP contribution in [0, 0.1) is 0 Å².